The molecule has 6 heteroatoms. The zero-order chi connectivity index (χ0) is 14.4. The molecule has 0 heterocycles. The number of halogens is 3. The van der Waals surface area contributed by atoms with Gasteiger partial charge >= 0.3 is 0 Å². The first kappa shape index (κ1) is 19.6. The van der Waals surface area contributed by atoms with Crippen molar-refractivity contribution in [2.45, 2.75) is 33.4 Å². The molecular formula is C14H22BrFIN3. The fourth-order valence-electron chi connectivity index (χ4n) is 1.43. The predicted molar refractivity (Wildman–Crippen MR) is 97.1 cm³/mol. The Hall–Kier alpha value is -0.370. The van der Waals surface area contributed by atoms with Crippen LogP contribution in [0.3, 0.4) is 0 Å². The van der Waals surface area contributed by atoms with E-state index in [1.54, 1.807) is 13.1 Å². The average molecular weight is 458 g/mol. The van der Waals surface area contributed by atoms with Crippen LogP contribution in [0.1, 0.15) is 26.3 Å². The summed E-state index contributed by atoms with van der Waals surface area (Å²) in [6.07, 6.45) is 0. The Balaban J connectivity index is 0.00000361. The Morgan fingerprint density at radius 3 is 2.55 bits per heavy atom. The Labute approximate surface area is 146 Å². The second kappa shape index (κ2) is 9.55. The number of nitrogens with zero attached hydrogens (tertiary/aromatic N) is 1. The van der Waals surface area contributed by atoms with Crippen LogP contribution >= 0.6 is 39.9 Å². The number of hydrogen-bond acceptors (Lipinski definition) is 1. The van der Waals surface area contributed by atoms with E-state index >= 15 is 0 Å². The molecule has 0 aliphatic rings. The van der Waals surface area contributed by atoms with Crippen molar-refractivity contribution < 1.29 is 4.39 Å². The number of benzene rings is 1. The van der Waals surface area contributed by atoms with Gasteiger partial charge in [0.2, 0.25) is 0 Å². The Bertz CT molecular complexity index is 452. The van der Waals surface area contributed by atoms with E-state index in [1.807, 2.05) is 0 Å². The van der Waals surface area contributed by atoms with Gasteiger partial charge in [-0.05, 0) is 36.6 Å². The molecule has 1 aromatic rings. The van der Waals surface area contributed by atoms with Crippen molar-refractivity contribution in [3.63, 3.8) is 0 Å². The van der Waals surface area contributed by atoms with Crippen LogP contribution in [0.5, 0.6) is 0 Å². The van der Waals surface area contributed by atoms with Gasteiger partial charge in [-0.2, -0.15) is 0 Å². The average Bonchev–Trinajstić information content (AvgIpc) is 2.37. The van der Waals surface area contributed by atoms with Crippen LogP contribution in [-0.2, 0) is 6.54 Å². The van der Waals surface area contributed by atoms with Crippen LogP contribution in [0, 0.1) is 11.7 Å². The fourth-order valence-corrected chi connectivity index (χ4v) is 1.82. The van der Waals surface area contributed by atoms with E-state index < -0.39 is 0 Å². The lowest BCUT2D eigenvalue weighted by molar-refractivity contribution is 0.481. The summed E-state index contributed by atoms with van der Waals surface area (Å²) in [6.45, 7) is 6.92. The van der Waals surface area contributed by atoms with Gasteiger partial charge in [-0.25, -0.2) is 4.39 Å². The maximum atomic E-state index is 13.2. The molecule has 0 saturated carbocycles. The number of nitrogens with one attached hydrogen (secondary N) is 2. The third-order valence-electron chi connectivity index (χ3n) is 3.04. The number of hydrogen-bond donors (Lipinski definition) is 2. The molecule has 0 amide bonds. The van der Waals surface area contributed by atoms with Crippen molar-refractivity contribution in [3.05, 3.63) is 34.1 Å². The van der Waals surface area contributed by atoms with E-state index in [0.29, 0.717) is 18.5 Å². The second-order valence-electron chi connectivity index (χ2n) is 4.84. The fraction of sp³-hybridized carbons (Fsp3) is 0.500. The zero-order valence-electron chi connectivity index (χ0n) is 12.2. The molecular weight excluding hydrogens is 436 g/mol. The van der Waals surface area contributed by atoms with Gasteiger partial charge in [0.05, 0.1) is 0 Å². The summed E-state index contributed by atoms with van der Waals surface area (Å²) in [5.41, 5.74) is 0.861. The second-order valence-corrected chi connectivity index (χ2v) is 5.69. The normalized spacial score (nSPS) is 12.8. The molecule has 0 saturated heterocycles. The van der Waals surface area contributed by atoms with Gasteiger partial charge in [0, 0.05) is 24.1 Å². The van der Waals surface area contributed by atoms with Crippen molar-refractivity contribution >= 4 is 45.9 Å². The molecule has 0 fully saturated rings. The molecule has 1 rings (SSSR count). The first-order valence-electron chi connectivity index (χ1n) is 6.35. The predicted octanol–water partition coefficient (Wildman–Crippen LogP) is 3.92. The van der Waals surface area contributed by atoms with Crippen LogP contribution in [0.4, 0.5) is 4.39 Å². The highest BCUT2D eigenvalue weighted by molar-refractivity contribution is 14.0. The van der Waals surface area contributed by atoms with Crippen LogP contribution in [0.2, 0.25) is 0 Å². The minimum Gasteiger partial charge on any atom is -0.354 e. The van der Waals surface area contributed by atoms with Gasteiger partial charge in [-0.15, -0.1) is 24.0 Å². The third kappa shape index (κ3) is 6.39. The van der Waals surface area contributed by atoms with E-state index in [1.165, 1.54) is 12.1 Å². The van der Waals surface area contributed by atoms with Gasteiger partial charge < -0.3 is 10.6 Å². The Morgan fingerprint density at radius 1 is 1.35 bits per heavy atom. The molecule has 0 aliphatic carbocycles. The van der Waals surface area contributed by atoms with Crippen molar-refractivity contribution in [3.8, 4) is 0 Å². The minimum absolute atomic E-state index is 0. The maximum absolute atomic E-state index is 13.2. The summed E-state index contributed by atoms with van der Waals surface area (Å²) in [7, 11) is 1.73. The lowest BCUT2D eigenvalue weighted by Crippen LogP contribution is -2.43. The quantitative estimate of drug-likeness (QED) is 0.408. The van der Waals surface area contributed by atoms with Crippen molar-refractivity contribution in [1.82, 2.24) is 10.6 Å². The van der Waals surface area contributed by atoms with Gasteiger partial charge in [-0.3, -0.25) is 4.99 Å². The SMILES string of the molecule is CN=C(NCc1cc(F)ccc1Br)NC(C)C(C)C.I. The van der Waals surface area contributed by atoms with Crippen molar-refractivity contribution in [1.29, 1.82) is 0 Å². The smallest absolute Gasteiger partial charge is 0.191 e. The molecule has 0 spiro atoms. The summed E-state index contributed by atoms with van der Waals surface area (Å²) >= 11 is 3.41. The first-order valence-corrected chi connectivity index (χ1v) is 7.14. The minimum atomic E-state index is -0.238. The molecule has 1 atom stereocenters. The lowest BCUT2D eigenvalue weighted by atomic mass is 10.1. The number of aliphatic imine (C=N–C) groups is 1. The van der Waals surface area contributed by atoms with Gasteiger partial charge in [-0.1, -0.05) is 29.8 Å². The third-order valence-corrected chi connectivity index (χ3v) is 3.82. The lowest BCUT2D eigenvalue weighted by Gasteiger charge is -2.21. The van der Waals surface area contributed by atoms with Crippen LogP contribution in [0.25, 0.3) is 0 Å². The van der Waals surface area contributed by atoms with Crippen LogP contribution in [-0.4, -0.2) is 19.0 Å². The molecule has 0 bridgehead atoms. The van der Waals surface area contributed by atoms with E-state index in [2.05, 4.69) is 52.3 Å². The van der Waals surface area contributed by atoms with E-state index in [9.17, 15) is 4.39 Å². The van der Waals surface area contributed by atoms with Gasteiger partial charge in [0.25, 0.3) is 0 Å². The maximum Gasteiger partial charge on any atom is 0.191 e. The van der Waals surface area contributed by atoms with Crippen LogP contribution in [0.15, 0.2) is 27.7 Å². The van der Waals surface area contributed by atoms with Gasteiger partial charge in [0.1, 0.15) is 5.82 Å². The summed E-state index contributed by atoms with van der Waals surface area (Å²) < 4.78 is 14.1. The first-order chi connectivity index (χ1) is 8.93. The molecule has 3 nitrogen and oxygen atoms in total. The molecule has 1 unspecified atom stereocenters. The summed E-state index contributed by atoms with van der Waals surface area (Å²) in [4.78, 5) is 4.16. The van der Waals surface area contributed by atoms with E-state index in [0.717, 1.165) is 16.0 Å². The summed E-state index contributed by atoms with van der Waals surface area (Å²) in [5, 5.41) is 6.48. The zero-order valence-corrected chi connectivity index (χ0v) is 16.1. The molecule has 114 valence electrons. The van der Waals surface area contributed by atoms with Gasteiger partial charge in [0.15, 0.2) is 5.96 Å². The number of rotatable bonds is 4. The Morgan fingerprint density at radius 2 is 2.00 bits per heavy atom. The van der Waals surface area contributed by atoms with E-state index in [-0.39, 0.29) is 29.8 Å². The Kier molecular flexibility index (Phi) is 9.37. The molecule has 1 aromatic carbocycles. The van der Waals surface area contributed by atoms with Crippen molar-refractivity contribution in [2.75, 3.05) is 7.05 Å². The van der Waals surface area contributed by atoms with Crippen LogP contribution < -0.4 is 10.6 Å². The topological polar surface area (TPSA) is 36.4 Å². The number of guanidine groups is 1. The molecule has 2 N–H and O–H groups in total. The highest BCUT2D eigenvalue weighted by Crippen LogP contribution is 2.17. The highest BCUT2D eigenvalue weighted by Gasteiger charge is 2.09. The molecule has 0 aromatic heterocycles. The summed E-state index contributed by atoms with van der Waals surface area (Å²) in [6, 6.07) is 4.97. The molecule has 0 aliphatic heterocycles. The monoisotopic (exact) mass is 457 g/mol. The van der Waals surface area contributed by atoms with Crippen molar-refractivity contribution in [2.24, 2.45) is 10.9 Å². The standard InChI is InChI=1S/C14H21BrFN3.HI/c1-9(2)10(3)19-14(17-4)18-8-11-7-12(16)5-6-13(11)15;/h5-7,9-10H,8H2,1-4H3,(H2,17,18,19);1H. The summed E-state index contributed by atoms with van der Waals surface area (Å²) in [5.74, 6) is 0.996. The highest BCUT2D eigenvalue weighted by atomic mass is 127. The molecule has 20 heavy (non-hydrogen) atoms. The van der Waals surface area contributed by atoms with E-state index in [4.69, 9.17) is 0 Å². The largest absolute Gasteiger partial charge is 0.354 e. The molecule has 0 radical (unpaired) electrons.